The molecular formula is C43H64N2O9. The lowest BCUT2D eigenvalue weighted by Crippen LogP contribution is -2.62. The second-order valence-electron chi connectivity index (χ2n) is 15.3. The fraction of sp³-hybridized carbons (Fsp3) is 0.558. The zero-order chi connectivity index (χ0) is 40.0. The summed E-state index contributed by atoms with van der Waals surface area (Å²) in [5.41, 5.74) is 8.55. The van der Waals surface area contributed by atoms with E-state index in [0.29, 0.717) is 24.5 Å². The zero-order valence-electron chi connectivity index (χ0n) is 33.2. The average Bonchev–Trinajstić information content (AvgIpc) is 3.10. The van der Waals surface area contributed by atoms with Gasteiger partial charge in [0, 0.05) is 12.1 Å². The Labute approximate surface area is 322 Å². The quantitative estimate of drug-likeness (QED) is 0.228. The third-order valence-electron chi connectivity index (χ3n) is 9.40. The summed E-state index contributed by atoms with van der Waals surface area (Å²) in [6.07, 6.45) is 18.7. The summed E-state index contributed by atoms with van der Waals surface area (Å²) in [5.74, 6) is 0.376. The van der Waals surface area contributed by atoms with Gasteiger partial charge in [-0.1, -0.05) is 123 Å². The van der Waals surface area contributed by atoms with Crippen LogP contribution in [0.2, 0.25) is 0 Å². The molecule has 11 nitrogen and oxygen atoms in total. The maximum Gasteiger partial charge on any atom is 0.247 e. The first-order valence-electron chi connectivity index (χ1n) is 18.9. The van der Waals surface area contributed by atoms with E-state index in [1.165, 1.54) is 0 Å². The van der Waals surface area contributed by atoms with E-state index in [-0.39, 0.29) is 25.0 Å². The van der Waals surface area contributed by atoms with E-state index in [1.54, 1.807) is 44.2 Å². The summed E-state index contributed by atoms with van der Waals surface area (Å²) in [5, 5.41) is 46.6. The van der Waals surface area contributed by atoms with Crippen molar-refractivity contribution in [2.24, 2.45) is 17.6 Å². The first-order valence-corrected chi connectivity index (χ1v) is 18.9. The molecule has 2 saturated heterocycles. The highest BCUT2D eigenvalue weighted by molar-refractivity contribution is 5.93. The number of hydrogen-bond donors (Lipinski definition) is 6. The lowest BCUT2D eigenvalue weighted by Gasteiger charge is -2.43. The topological polar surface area (TPSA) is 173 Å². The van der Waals surface area contributed by atoms with Crippen LogP contribution >= 0.6 is 0 Å². The van der Waals surface area contributed by atoms with Crippen LogP contribution in [0.1, 0.15) is 61.8 Å². The Morgan fingerprint density at radius 2 is 1.54 bits per heavy atom. The molecule has 3 rings (SSSR count). The summed E-state index contributed by atoms with van der Waals surface area (Å²) < 4.78 is 23.6. The summed E-state index contributed by atoms with van der Waals surface area (Å²) in [6.45, 7) is 15.9. The van der Waals surface area contributed by atoms with Gasteiger partial charge in [0.15, 0.2) is 6.29 Å². The van der Waals surface area contributed by atoms with E-state index in [4.69, 9.17) is 24.7 Å². The molecule has 11 heteroatoms. The largest absolute Gasteiger partial charge is 0.388 e. The van der Waals surface area contributed by atoms with Gasteiger partial charge in [-0.05, 0) is 52.9 Å². The molecule has 11 atom stereocenters. The highest BCUT2D eigenvalue weighted by Gasteiger charge is 2.45. The number of carbonyl (C=O) groups is 1. The molecule has 0 radical (unpaired) electrons. The average molecular weight is 753 g/mol. The standard InChI is InChI=1S/C43H64N2O9/c1-27(2)21-33-23-30(5)16-10-9-13-20-43(8,50)36(19-12-11-15-28(3)17-14-18-29(4)22-31(6)24-45-41(33)49)54-42-37(44)39(47)34(26-52-42)53-35-25-51-32(7)38(46)40(35)48/h9-20,22-23,27,31-32,34-40,42,46-48,50H,21,24-26,44H2,1-8H3,(H,45,49). The van der Waals surface area contributed by atoms with Crippen LogP contribution in [0.25, 0.3) is 0 Å². The van der Waals surface area contributed by atoms with Gasteiger partial charge in [0.05, 0.1) is 25.4 Å². The molecule has 0 aromatic heterocycles. The minimum atomic E-state index is -1.55. The van der Waals surface area contributed by atoms with E-state index in [1.807, 2.05) is 69.4 Å². The molecule has 1 amide bonds. The molecule has 0 bridgehead atoms. The number of rotatable bonds is 6. The highest BCUT2D eigenvalue weighted by Crippen LogP contribution is 2.27. The SMILES string of the molecule is CC1=CC=CC(C)=CC(C)CNC(=O)C(CC(C)C)=CC(C)=CC=CC=CC(C)(O)C(OC2OCC(OC3COC(C)C(O)C3O)C(O)C2N)C=CC=C1. The van der Waals surface area contributed by atoms with Crippen molar-refractivity contribution < 1.29 is 44.2 Å². The first-order chi connectivity index (χ1) is 25.5. The number of ether oxygens (including phenoxy) is 4. The number of allylic oxidation sites excluding steroid dienone is 14. The summed E-state index contributed by atoms with van der Waals surface area (Å²) in [6, 6.07) is -1.07. The lowest BCUT2D eigenvalue weighted by atomic mass is 9.96. The summed E-state index contributed by atoms with van der Waals surface area (Å²) in [4.78, 5) is 13.2. The third kappa shape index (κ3) is 14.4. The maximum atomic E-state index is 13.2. The third-order valence-corrected chi connectivity index (χ3v) is 9.40. The van der Waals surface area contributed by atoms with E-state index >= 15 is 0 Å². The normalized spacial score (nSPS) is 35.5. The van der Waals surface area contributed by atoms with Crippen molar-refractivity contribution in [2.75, 3.05) is 19.8 Å². The highest BCUT2D eigenvalue weighted by atomic mass is 16.7. The summed E-state index contributed by atoms with van der Waals surface area (Å²) >= 11 is 0. The lowest BCUT2D eigenvalue weighted by molar-refractivity contribution is -0.279. The van der Waals surface area contributed by atoms with Gasteiger partial charge in [0.25, 0.3) is 0 Å². The second kappa shape index (κ2) is 21.8. The number of nitrogens with two attached hydrogens (primary N) is 1. The van der Waals surface area contributed by atoms with Crippen molar-refractivity contribution in [3.05, 3.63) is 107 Å². The van der Waals surface area contributed by atoms with Crippen molar-refractivity contribution in [1.82, 2.24) is 5.32 Å². The number of amides is 1. The van der Waals surface area contributed by atoms with E-state index in [0.717, 1.165) is 16.7 Å². The molecule has 0 saturated carbocycles. The Balaban J connectivity index is 1.87. The Morgan fingerprint density at radius 3 is 2.26 bits per heavy atom. The van der Waals surface area contributed by atoms with Gasteiger partial charge in [-0.2, -0.15) is 0 Å². The Bertz CT molecular complexity index is 1500. The second-order valence-corrected chi connectivity index (χ2v) is 15.3. The van der Waals surface area contributed by atoms with Crippen molar-refractivity contribution in [1.29, 1.82) is 0 Å². The Morgan fingerprint density at radius 1 is 0.870 bits per heavy atom. The van der Waals surface area contributed by atoms with Gasteiger partial charge in [0.2, 0.25) is 5.91 Å². The molecule has 300 valence electrons. The van der Waals surface area contributed by atoms with Crippen LogP contribution in [-0.4, -0.2) is 107 Å². The van der Waals surface area contributed by atoms with Crippen molar-refractivity contribution in [3.8, 4) is 0 Å². The first kappa shape index (κ1) is 45.2. The molecule has 3 aliphatic rings. The molecule has 0 aromatic rings. The number of aliphatic hydroxyl groups is 4. The predicted molar refractivity (Wildman–Crippen MR) is 212 cm³/mol. The monoisotopic (exact) mass is 752 g/mol. The van der Waals surface area contributed by atoms with Crippen LogP contribution in [0.4, 0.5) is 0 Å². The molecular weight excluding hydrogens is 688 g/mol. The van der Waals surface area contributed by atoms with E-state index < -0.39 is 60.7 Å². The molecule has 54 heavy (non-hydrogen) atoms. The van der Waals surface area contributed by atoms with Crippen LogP contribution in [0.3, 0.4) is 0 Å². The van der Waals surface area contributed by atoms with Gasteiger partial charge < -0.3 is 50.4 Å². The molecule has 0 aromatic carbocycles. The van der Waals surface area contributed by atoms with Gasteiger partial charge in [-0.15, -0.1) is 0 Å². The van der Waals surface area contributed by atoms with Crippen molar-refractivity contribution in [2.45, 2.75) is 122 Å². The van der Waals surface area contributed by atoms with Gasteiger partial charge in [0.1, 0.15) is 42.2 Å². The molecule has 0 aliphatic carbocycles. The van der Waals surface area contributed by atoms with Gasteiger partial charge in [-0.25, -0.2) is 0 Å². The van der Waals surface area contributed by atoms with E-state index in [2.05, 4.69) is 32.2 Å². The number of carbonyl (C=O) groups excluding carboxylic acids is 1. The fourth-order valence-corrected chi connectivity index (χ4v) is 6.17. The smallest absolute Gasteiger partial charge is 0.247 e. The molecule has 3 aliphatic heterocycles. The zero-order valence-corrected chi connectivity index (χ0v) is 33.2. The van der Waals surface area contributed by atoms with Crippen LogP contribution < -0.4 is 11.1 Å². The van der Waals surface area contributed by atoms with Crippen molar-refractivity contribution >= 4 is 5.91 Å². The van der Waals surface area contributed by atoms with Crippen LogP contribution in [0.15, 0.2) is 107 Å². The van der Waals surface area contributed by atoms with Gasteiger partial charge >= 0.3 is 0 Å². The van der Waals surface area contributed by atoms with Crippen LogP contribution in [-0.2, 0) is 23.7 Å². The maximum absolute atomic E-state index is 13.2. The fourth-order valence-electron chi connectivity index (χ4n) is 6.17. The Kier molecular flexibility index (Phi) is 18.2. The Hall–Kier alpha value is -3.23. The molecule has 0 spiro atoms. The number of nitrogens with one attached hydrogen (secondary N) is 1. The summed E-state index contributed by atoms with van der Waals surface area (Å²) in [7, 11) is 0. The van der Waals surface area contributed by atoms with Crippen LogP contribution in [0, 0.1) is 11.8 Å². The predicted octanol–water partition coefficient (Wildman–Crippen LogP) is 4.42. The number of hydrogen-bond acceptors (Lipinski definition) is 10. The minimum Gasteiger partial charge on any atom is -0.388 e. The molecule has 7 N–H and O–H groups in total. The van der Waals surface area contributed by atoms with Crippen LogP contribution in [0.5, 0.6) is 0 Å². The molecule has 3 heterocycles. The molecule has 2 fully saturated rings. The van der Waals surface area contributed by atoms with E-state index in [9.17, 15) is 25.2 Å². The van der Waals surface area contributed by atoms with Gasteiger partial charge in [-0.3, -0.25) is 4.79 Å². The molecule has 11 unspecified atom stereocenters. The minimum absolute atomic E-state index is 0.0329. The van der Waals surface area contributed by atoms with Crippen molar-refractivity contribution in [3.63, 3.8) is 0 Å². The number of aliphatic hydroxyl groups excluding tert-OH is 3.